The number of fused-ring (bicyclic) bond motifs is 1. The highest BCUT2D eigenvalue weighted by atomic mass is 32.2. The van der Waals surface area contributed by atoms with Crippen LogP contribution in [0.2, 0.25) is 0 Å². The zero-order chi connectivity index (χ0) is 17.3. The van der Waals surface area contributed by atoms with Gasteiger partial charge in [-0.3, -0.25) is 9.10 Å². The van der Waals surface area contributed by atoms with Gasteiger partial charge in [0.15, 0.2) is 11.8 Å². The van der Waals surface area contributed by atoms with Crippen molar-refractivity contribution in [3.63, 3.8) is 0 Å². The predicted molar refractivity (Wildman–Crippen MR) is 90.7 cm³/mol. The highest BCUT2D eigenvalue weighted by molar-refractivity contribution is 7.92. The Hall–Kier alpha value is -2.54. The lowest BCUT2D eigenvalue weighted by molar-refractivity contribution is 0.0962. The number of carbonyl (C=O) groups is 1. The summed E-state index contributed by atoms with van der Waals surface area (Å²) >= 11 is 0. The van der Waals surface area contributed by atoms with E-state index in [1.807, 2.05) is 6.92 Å². The van der Waals surface area contributed by atoms with E-state index in [4.69, 9.17) is 0 Å². The smallest absolute Gasteiger partial charge is 0.264 e. The number of hydrogen-bond donors (Lipinski definition) is 0. The van der Waals surface area contributed by atoms with Crippen LogP contribution in [0.5, 0.6) is 0 Å². The molecule has 0 fully saturated rings. The molecular weight excluding hydrogens is 328 g/mol. The number of sulfonamides is 1. The van der Waals surface area contributed by atoms with Gasteiger partial charge in [0.1, 0.15) is 0 Å². The Kier molecular flexibility index (Phi) is 4.19. The molecule has 1 aliphatic rings. The Balaban J connectivity index is 2.14. The minimum atomic E-state index is -3.83. The van der Waals surface area contributed by atoms with Crippen LogP contribution >= 0.6 is 0 Å². The third kappa shape index (κ3) is 2.71. The molecule has 1 aliphatic heterocycles. The van der Waals surface area contributed by atoms with Crippen molar-refractivity contribution < 1.29 is 13.2 Å². The number of hydrogen-bond acceptors (Lipinski definition) is 5. The fourth-order valence-electron chi connectivity index (χ4n) is 2.76. The van der Waals surface area contributed by atoms with Gasteiger partial charge in [0, 0.05) is 12.1 Å². The largest absolute Gasteiger partial charge is 0.292 e. The number of para-hydroxylation sites is 1. The number of Topliss-reactive ketones (excluding diaryl/α,β-unsaturated/α-hetero) is 1. The van der Waals surface area contributed by atoms with Crippen LogP contribution in [-0.2, 0) is 10.0 Å². The van der Waals surface area contributed by atoms with Gasteiger partial charge in [0.2, 0.25) is 0 Å². The van der Waals surface area contributed by atoms with Crippen LogP contribution in [0.15, 0.2) is 58.6 Å². The quantitative estimate of drug-likeness (QED) is 0.802. The van der Waals surface area contributed by atoms with Crippen LogP contribution in [0.25, 0.3) is 0 Å². The number of nitroso groups, excluding NO2 is 1. The Bertz CT molecular complexity index is 891. The van der Waals surface area contributed by atoms with Gasteiger partial charge in [0.05, 0.1) is 10.6 Å². The molecule has 2 aromatic rings. The fraction of sp³-hybridized carbons (Fsp3) is 0.235. The molecule has 6 nitrogen and oxygen atoms in total. The molecule has 0 saturated carbocycles. The van der Waals surface area contributed by atoms with Crippen LogP contribution in [0.1, 0.15) is 22.3 Å². The third-order valence-electron chi connectivity index (χ3n) is 4.08. The lowest BCUT2D eigenvalue weighted by atomic mass is 10.0. The van der Waals surface area contributed by atoms with E-state index in [0.717, 1.165) is 5.56 Å². The Morgan fingerprint density at radius 2 is 1.75 bits per heavy atom. The summed E-state index contributed by atoms with van der Waals surface area (Å²) in [6.07, 6.45) is 0.0576. The van der Waals surface area contributed by atoms with Crippen molar-refractivity contribution in [3.05, 3.63) is 64.6 Å². The number of rotatable bonds is 3. The van der Waals surface area contributed by atoms with Gasteiger partial charge in [-0.2, -0.15) is 4.91 Å². The molecule has 2 aromatic carbocycles. The summed E-state index contributed by atoms with van der Waals surface area (Å²) in [7, 11) is -3.83. The van der Waals surface area contributed by atoms with E-state index >= 15 is 0 Å². The van der Waals surface area contributed by atoms with E-state index < -0.39 is 21.8 Å². The van der Waals surface area contributed by atoms with Crippen LogP contribution in [-0.4, -0.2) is 26.8 Å². The summed E-state index contributed by atoms with van der Waals surface area (Å²) in [6, 6.07) is 11.9. The molecule has 0 aromatic heterocycles. The fourth-order valence-corrected chi connectivity index (χ4v) is 4.26. The van der Waals surface area contributed by atoms with Crippen molar-refractivity contribution >= 4 is 21.5 Å². The second-order valence-electron chi connectivity index (χ2n) is 5.68. The SMILES string of the molecule is Cc1ccc(S(=O)(=O)N2CCC(N=O)C(=O)c3ccccc32)cc1. The number of ketones is 1. The average Bonchev–Trinajstić information content (AvgIpc) is 2.72. The first kappa shape index (κ1) is 16.3. The van der Waals surface area contributed by atoms with E-state index in [9.17, 15) is 18.1 Å². The molecule has 0 saturated heterocycles. The molecule has 0 bridgehead atoms. The lowest BCUT2D eigenvalue weighted by Crippen LogP contribution is -2.32. The maximum atomic E-state index is 13.0. The molecule has 7 heteroatoms. The second kappa shape index (κ2) is 6.16. The molecule has 0 radical (unpaired) electrons. The summed E-state index contributed by atoms with van der Waals surface area (Å²) in [5, 5.41) is 2.87. The first-order chi connectivity index (χ1) is 11.4. The van der Waals surface area contributed by atoms with E-state index in [-0.39, 0.29) is 29.1 Å². The summed E-state index contributed by atoms with van der Waals surface area (Å²) in [4.78, 5) is 23.5. The molecular formula is C17H16N2O4S. The van der Waals surface area contributed by atoms with Crippen molar-refractivity contribution in [2.24, 2.45) is 5.18 Å². The number of benzene rings is 2. The molecule has 0 aliphatic carbocycles. The normalized spacial score (nSPS) is 18.0. The Labute approximate surface area is 140 Å². The standard InChI is InChI=1S/C17H16N2O4S/c1-12-6-8-13(9-7-12)24(22,23)19-11-10-15(18-21)17(20)14-4-2-3-5-16(14)19/h2-9,15H,10-11H2,1H3. The molecule has 0 spiro atoms. The predicted octanol–water partition coefficient (Wildman–Crippen LogP) is 2.91. The summed E-state index contributed by atoms with van der Waals surface area (Å²) < 4.78 is 27.2. The second-order valence-corrected chi connectivity index (χ2v) is 7.54. The third-order valence-corrected chi connectivity index (χ3v) is 5.91. The zero-order valence-electron chi connectivity index (χ0n) is 13.0. The van der Waals surface area contributed by atoms with Crippen LogP contribution in [0.4, 0.5) is 5.69 Å². The van der Waals surface area contributed by atoms with Crippen molar-refractivity contribution in [1.82, 2.24) is 0 Å². The molecule has 1 unspecified atom stereocenters. The van der Waals surface area contributed by atoms with Crippen LogP contribution in [0, 0.1) is 11.8 Å². The maximum absolute atomic E-state index is 13.0. The minimum Gasteiger partial charge on any atom is -0.292 e. The number of aryl methyl sites for hydroxylation is 1. The topological polar surface area (TPSA) is 83.9 Å². The molecule has 0 amide bonds. The molecule has 0 N–H and O–H groups in total. The number of nitrogens with zero attached hydrogens (tertiary/aromatic N) is 2. The molecule has 1 atom stereocenters. The Morgan fingerprint density at radius 1 is 1.08 bits per heavy atom. The summed E-state index contributed by atoms with van der Waals surface area (Å²) in [5.41, 5.74) is 1.44. The lowest BCUT2D eigenvalue weighted by Gasteiger charge is -2.24. The first-order valence-corrected chi connectivity index (χ1v) is 8.94. The molecule has 24 heavy (non-hydrogen) atoms. The van der Waals surface area contributed by atoms with Gasteiger partial charge in [-0.05, 0) is 37.6 Å². The summed E-state index contributed by atoms with van der Waals surface area (Å²) in [6.45, 7) is 1.89. The molecule has 1 heterocycles. The van der Waals surface area contributed by atoms with Crippen LogP contribution < -0.4 is 4.31 Å². The van der Waals surface area contributed by atoms with Crippen molar-refractivity contribution in [2.75, 3.05) is 10.8 Å². The summed E-state index contributed by atoms with van der Waals surface area (Å²) in [5.74, 6) is -0.442. The zero-order valence-corrected chi connectivity index (χ0v) is 13.9. The number of carbonyl (C=O) groups excluding carboxylic acids is 1. The van der Waals surface area contributed by atoms with Crippen molar-refractivity contribution in [2.45, 2.75) is 24.3 Å². The van der Waals surface area contributed by atoms with Crippen molar-refractivity contribution in [3.8, 4) is 0 Å². The molecule has 3 rings (SSSR count). The van der Waals surface area contributed by atoms with Gasteiger partial charge < -0.3 is 0 Å². The minimum absolute atomic E-state index is 0.0232. The van der Waals surface area contributed by atoms with Crippen LogP contribution in [0.3, 0.4) is 0 Å². The van der Waals surface area contributed by atoms with E-state index in [0.29, 0.717) is 0 Å². The first-order valence-electron chi connectivity index (χ1n) is 7.50. The number of anilines is 1. The van der Waals surface area contributed by atoms with Crippen molar-refractivity contribution in [1.29, 1.82) is 0 Å². The maximum Gasteiger partial charge on any atom is 0.264 e. The van der Waals surface area contributed by atoms with E-state index in [1.54, 1.807) is 30.3 Å². The van der Waals surface area contributed by atoms with Gasteiger partial charge >= 0.3 is 0 Å². The average molecular weight is 344 g/mol. The van der Waals surface area contributed by atoms with Gasteiger partial charge in [-0.1, -0.05) is 35.0 Å². The highest BCUT2D eigenvalue weighted by Gasteiger charge is 2.35. The van der Waals surface area contributed by atoms with Gasteiger partial charge in [0.25, 0.3) is 10.0 Å². The Morgan fingerprint density at radius 3 is 2.42 bits per heavy atom. The van der Waals surface area contributed by atoms with E-state index in [1.165, 1.54) is 22.5 Å². The monoisotopic (exact) mass is 344 g/mol. The highest BCUT2D eigenvalue weighted by Crippen LogP contribution is 2.32. The van der Waals surface area contributed by atoms with Gasteiger partial charge in [-0.15, -0.1) is 0 Å². The van der Waals surface area contributed by atoms with E-state index in [2.05, 4.69) is 5.18 Å². The van der Waals surface area contributed by atoms with Gasteiger partial charge in [-0.25, -0.2) is 8.42 Å². The molecule has 124 valence electrons.